The summed E-state index contributed by atoms with van der Waals surface area (Å²) in [6, 6.07) is 22.8. The average Bonchev–Trinajstić information content (AvgIpc) is 2.84. The Labute approximate surface area is 190 Å². The number of nitrogens with zero attached hydrogens (tertiary/aromatic N) is 2. The minimum atomic E-state index is -0.569. The maximum absolute atomic E-state index is 12.9. The summed E-state index contributed by atoms with van der Waals surface area (Å²) >= 11 is 0. The third kappa shape index (κ3) is 6.23. The van der Waals surface area contributed by atoms with Crippen molar-refractivity contribution in [1.82, 2.24) is 10.7 Å². The standard InChI is InChI=1S/C24H22N4O5/c1-33-21-13-12-17(14-20(21)28(31)32)15-26-27-22(29)16-25-24(30)23(18-8-4-2-5-9-18)19-10-6-3-7-11-19/h2-15,23H,16H2,1H3,(H,25,30)(H,27,29)/b26-15-. The maximum atomic E-state index is 12.9. The largest absolute Gasteiger partial charge is 0.490 e. The van der Waals surface area contributed by atoms with Crippen LogP contribution in [0.4, 0.5) is 5.69 Å². The number of benzene rings is 3. The van der Waals surface area contributed by atoms with Gasteiger partial charge in [0, 0.05) is 11.6 Å². The number of nitro benzene ring substituents is 1. The van der Waals surface area contributed by atoms with Crippen LogP contribution in [0, 0.1) is 10.1 Å². The molecular weight excluding hydrogens is 424 g/mol. The van der Waals surface area contributed by atoms with Crippen molar-refractivity contribution in [3.8, 4) is 5.75 Å². The van der Waals surface area contributed by atoms with Crippen LogP contribution in [0.1, 0.15) is 22.6 Å². The van der Waals surface area contributed by atoms with Crippen molar-refractivity contribution in [3.05, 3.63) is 106 Å². The fraction of sp³-hybridized carbons (Fsp3) is 0.125. The normalized spacial score (nSPS) is 10.7. The van der Waals surface area contributed by atoms with Crippen molar-refractivity contribution in [2.24, 2.45) is 5.10 Å². The Bertz CT molecular complexity index is 1110. The number of carbonyl (C=O) groups is 2. The predicted molar refractivity (Wildman–Crippen MR) is 123 cm³/mol. The molecular formula is C24H22N4O5. The van der Waals surface area contributed by atoms with E-state index in [9.17, 15) is 19.7 Å². The summed E-state index contributed by atoms with van der Waals surface area (Å²) in [5.41, 5.74) is 4.10. The van der Waals surface area contributed by atoms with Crippen molar-refractivity contribution in [3.63, 3.8) is 0 Å². The van der Waals surface area contributed by atoms with Gasteiger partial charge in [-0.2, -0.15) is 5.10 Å². The second kappa shape index (κ2) is 11.2. The van der Waals surface area contributed by atoms with Gasteiger partial charge in [-0.15, -0.1) is 0 Å². The van der Waals surface area contributed by atoms with Crippen molar-refractivity contribution >= 4 is 23.7 Å². The van der Waals surface area contributed by atoms with Gasteiger partial charge < -0.3 is 10.1 Å². The van der Waals surface area contributed by atoms with Crippen LogP contribution in [0.2, 0.25) is 0 Å². The highest BCUT2D eigenvalue weighted by atomic mass is 16.6. The first-order valence-electron chi connectivity index (χ1n) is 10.0. The summed E-state index contributed by atoms with van der Waals surface area (Å²) in [4.78, 5) is 35.6. The maximum Gasteiger partial charge on any atom is 0.311 e. The predicted octanol–water partition coefficient (Wildman–Crippen LogP) is 3.00. The summed E-state index contributed by atoms with van der Waals surface area (Å²) in [7, 11) is 1.34. The van der Waals surface area contributed by atoms with Gasteiger partial charge in [0.1, 0.15) is 0 Å². The number of amides is 2. The molecule has 3 aromatic rings. The van der Waals surface area contributed by atoms with Crippen molar-refractivity contribution in [2.45, 2.75) is 5.92 Å². The summed E-state index contributed by atoms with van der Waals surface area (Å²) in [6.07, 6.45) is 1.27. The molecule has 0 aromatic heterocycles. The second-order valence-corrected chi connectivity index (χ2v) is 6.95. The Kier molecular flexibility index (Phi) is 7.85. The molecule has 0 aliphatic carbocycles. The molecule has 0 heterocycles. The molecule has 0 atom stereocenters. The smallest absolute Gasteiger partial charge is 0.311 e. The molecule has 0 saturated heterocycles. The zero-order valence-corrected chi connectivity index (χ0v) is 17.8. The lowest BCUT2D eigenvalue weighted by Gasteiger charge is -2.17. The average molecular weight is 446 g/mol. The number of nitrogens with one attached hydrogen (secondary N) is 2. The van der Waals surface area contributed by atoms with Crippen molar-refractivity contribution in [2.75, 3.05) is 13.7 Å². The van der Waals surface area contributed by atoms with E-state index >= 15 is 0 Å². The SMILES string of the molecule is COc1ccc(/C=N\NC(=O)CNC(=O)C(c2ccccc2)c2ccccc2)cc1[N+](=O)[O-]. The molecule has 3 aromatic carbocycles. The monoisotopic (exact) mass is 446 g/mol. The van der Waals surface area contributed by atoms with Crippen LogP contribution in [0.15, 0.2) is 84.0 Å². The topological polar surface area (TPSA) is 123 Å². The fourth-order valence-corrected chi connectivity index (χ4v) is 3.20. The second-order valence-electron chi connectivity index (χ2n) is 6.95. The molecule has 168 valence electrons. The van der Waals surface area contributed by atoms with Crippen molar-refractivity contribution in [1.29, 1.82) is 0 Å². The molecule has 0 aliphatic heterocycles. The van der Waals surface area contributed by atoms with E-state index in [1.807, 2.05) is 60.7 Å². The van der Waals surface area contributed by atoms with Gasteiger partial charge in [0.2, 0.25) is 5.91 Å². The molecule has 0 saturated carbocycles. The van der Waals surface area contributed by atoms with Crippen LogP contribution >= 0.6 is 0 Å². The molecule has 2 N–H and O–H groups in total. The van der Waals surface area contributed by atoms with E-state index in [1.165, 1.54) is 25.5 Å². The highest BCUT2D eigenvalue weighted by molar-refractivity contribution is 5.91. The Hall–Kier alpha value is -4.53. The van der Waals surface area contributed by atoms with E-state index in [4.69, 9.17) is 4.74 Å². The van der Waals surface area contributed by atoms with Gasteiger partial charge in [0.15, 0.2) is 5.75 Å². The summed E-state index contributed by atoms with van der Waals surface area (Å²) < 4.78 is 4.95. The highest BCUT2D eigenvalue weighted by Crippen LogP contribution is 2.27. The van der Waals surface area contributed by atoms with E-state index in [2.05, 4.69) is 15.8 Å². The molecule has 0 fully saturated rings. The number of hydrogen-bond donors (Lipinski definition) is 2. The summed E-state index contributed by atoms with van der Waals surface area (Å²) in [5, 5.41) is 17.5. The Morgan fingerprint density at radius 3 is 2.18 bits per heavy atom. The van der Waals surface area contributed by atoms with Crippen LogP contribution in [0.25, 0.3) is 0 Å². The Morgan fingerprint density at radius 1 is 1.03 bits per heavy atom. The zero-order chi connectivity index (χ0) is 23.6. The highest BCUT2D eigenvalue weighted by Gasteiger charge is 2.22. The van der Waals surface area contributed by atoms with Gasteiger partial charge in [0.05, 0.1) is 30.7 Å². The molecule has 0 spiro atoms. The molecule has 0 bridgehead atoms. The molecule has 0 aliphatic rings. The molecule has 9 nitrogen and oxygen atoms in total. The van der Waals surface area contributed by atoms with Crippen molar-refractivity contribution < 1.29 is 19.2 Å². The number of methoxy groups -OCH3 is 1. The fourth-order valence-electron chi connectivity index (χ4n) is 3.20. The first kappa shape index (κ1) is 23.1. The van der Waals surface area contributed by atoms with Gasteiger partial charge in [-0.25, -0.2) is 5.43 Å². The van der Waals surface area contributed by atoms with Gasteiger partial charge >= 0.3 is 5.69 Å². The number of nitro groups is 1. The van der Waals surface area contributed by atoms with Gasteiger partial charge in [0.25, 0.3) is 5.91 Å². The van der Waals surface area contributed by atoms with E-state index in [-0.39, 0.29) is 23.9 Å². The lowest BCUT2D eigenvalue weighted by atomic mass is 9.90. The van der Waals surface area contributed by atoms with Gasteiger partial charge in [-0.3, -0.25) is 19.7 Å². The van der Waals surface area contributed by atoms with Crippen LogP contribution in [0.3, 0.4) is 0 Å². The van der Waals surface area contributed by atoms with Crippen LogP contribution in [-0.4, -0.2) is 36.6 Å². The van der Waals surface area contributed by atoms with Gasteiger partial charge in [-0.1, -0.05) is 60.7 Å². The van der Waals surface area contributed by atoms with E-state index in [0.717, 1.165) is 11.1 Å². The minimum absolute atomic E-state index is 0.121. The first-order chi connectivity index (χ1) is 16.0. The minimum Gasteiger partial charge on any atom is -0.490 e. The number of carbonyl (C=O) groups excluding carboxylic acids is 2. The third-order valence-corrected chi connectivity index (χ3v) is 4.75. The molecule has 2 amide bonds. The molecule has 33 heavy (non-hydrogen) atoms. The molecule has 3 rings (SSSR count). The molecule has 9 heteroatoms. The summed E-state index contributed by atoms with van der Waals surface area (Å²) in [6.45, 7) is -0.283. The van der Waals surface area contributed by atoms with Crippen LogP contribution in [-0.2, 0) is 9.59 Å². The van der Waals surface area contributed by atoms with Gasteiger partial charge in [-0.05, 0) is 23.3 Å². The number of rotatable bonds is 9. The lowest BCUT2D eigenvalue weighted by Crippen LogP contribution is -2.37. The van der Waals surface area contributed by atoms with E-state index < -0.39 is 16.7 Å². The Balaban J connectivity index is 1.61. The molecule has 0 radical (unpaired) electrons. The van der Waals surface area contributed by atoms with Crippen LogP contribution in [0.5, 0.6) is 5.75 Å². The van der Waals surface area contributed by atoms with E-state index in [1.54, 1.807) is 6.07 Å². The summed E-state index contributed by atoms with van der Waals surface area (Å²) in [5.74, 6) is -1.31. The number of hydrazone groups is 1. The zero-order valence-electron chi connectivity index (χ0n) is 17.8. The third-order valence-electron chi connectivity index (χ3n) is 4.75. The van der Waals surface area contributed by atoms with Crippen LogP contribution < -0.4 is 15.5 Å². The Morgan fingerprint density at radius 2 is 1.64 bits per heavy atom. The van der Waals surface area contributed by atoms with E-state index in [0.29, 0.717) is 5.56 Å². The quantitative estimate of drug-likeness (QED) is 0.297. The number of hydrogen-bond acceptors (Lipinski definition) is 6. The number of ether oxygens (including phenoxy) is 1. The molecule has 0 unspecified atom stereocenters. The first-order valence-corrected chi connectivity index (χ1v) is 10.0. The lowest BCUT2D eigenvalue weighted by molar-refractivity contribution is -0.385.